The van der Waals surface area contributed by atoms with Crippen molar-refractivity contribution in [3.8, 4) is 0 Å². The summed E-state index contributed by atoms with van der Waals surface area (Å²) in [5.41, 5.74) is 3.84. The first-order valence-corrected chi connectivity index (χ1v) is 6.43. The Morgan fingerprint density at radius 2 is 2.12 bits per heavy atom. The van der Waals surface area contributed by atoms with Gasteiger partial charge in [-0.25, -0.2) is 0 Å². The van der Waals surface area contributed by atoms with Gasteiger partial charge in [-0.1, -0.05) is 32.4 Å². The SMILES string of the molecule is C[C@@H]1Cc2cocc2[C@@H](O)[C@@H]2CC(C)(C)C=C12. The second-order valence-electron chi connectivity index (χ2n) is 6.35. The molecule has 0 aliphatic heterocycles. The van der Waals surface area contributed by atoms with Crippen LogP contribution in [0.3, 0.4) is 0 Å². The third-order valence-electron chi connectivity index (χ3n) is 4.30. The Morgan fingerprint density at radius 3 is 2.88 bits per heavy atom. The molecule has 3 rings (SSSR count). The van der Waals surface area contributed by atoms with Gasteiger partial charge in [-0.2, -0.15) is 0 Å². The van der Waals surface area contributed by atoms with Gasteiger partial charge in [-0.3, -0.25) is 0 Å². The summed E-state index contributed by atoms with van der Waals surface area (Å²) in [6, 6.07) is 0. The minimum atomic E-state index is -0.387. The lowest BCUT2D eigenvalue weighted by Crippen LogP contribution is -2.15. The highest BCUT2D eigenvalue weighted by molar-refractivity contribution is 5.35. The summed E-state index contributed by atoms with van der Waals surface area (Å²) in [7, 11) is 0. The molecule has 2 aliphatic rings. The third kappa shape index (κ3) is 1.66. The van der Waals surface area contributed by atoms with Gasteiger partial charge in [0.25, 0.3) is 0 Å². The first-order valence-electron chi connectivity index (χ1n) is 6.43. The predicted octanol–water partition coefficient (Wildman–Crippen LogP) is 3.48. The fourth-order valence-corrected chi connectivity index (χ4v) is 3.53. The number of allylic oxidation sites excluding steroid dienone is 1. The predicted molar refractivity (Wildman–Crippen MR) is 66.5 cm³/mol. The van der Waals surface area contributed by atoms with Gasteiger partial charge in [0.1, 0.15) is 0 Å². The molecule has 1 heterocycles. The second-order valence-corrected chi connectivity index (χ2v) is 6.35. The van der Waals surface area contributed by atoms with Gasteiger partial charge in [0.15, 0.2) is 0 Å². The molecule has 0 saturated carbocycles. The Kier molecular flexibility index (Phi) is 2.27. The van der Waals surface area contributed by atoms with Crippen LogP contribution >= 0.6 is 0 Å². The van der Waals surface area contributed by atoms with Crippen molar-refractivity contribution in [2.24, 2.45) is 17.3 Å². The molecule has 92 valence electrons. The minimum absolute atomic E-state index is 0.219. The lowest BCUT2D eigenvalue weighted by Gasteiger charge is -2.23. The molecule has 2 nitrogen and oxygen atoms in total. The molecule has 1 aromatic rings. The monoisotopic (exact) mass is 232 g/mol. The average molecular weight is 232 g/mol. The third-order valence-corrected chi connectivity index (χ3v) is 4.30. The molecule has 0 spiro atoms. The highest BCUT2D eigenvalue weighted by atomic mass is 16.3. The number of fused-ring (bicyclic) bond motifs is 2. The quantitative estimate of drug-likeness (QED) is 0.695. The van der Waals surface area contributed by atoms with E-state index in [0.717, 1.165) is 18.4 Å². The Morgan fingerprint density at radius 1 is 1.35 bits per heavy atom. The maximum absolute atomic E-state index is 10.5. The van der Waals surface area contributed by atoms with E-state index in [-0.39, 0.29) is 17.4 Å². The molecule has 17 heavy (non-hydrogen) atoms. The second kappa shape index (κ2) is 3.49. The fraction of sp³-hybridized carbons (Fsp3) is 0.600. The van der Waals surface area contributed by atoms with Crippen LogP contribution in [0.15, 0.2) is 28.6 Å². The van der Waals surface area contributed by atoms with Crippen LogP contribution in [0.1, 0.15) is 44.4 Å². The van der Waals surface area contributed by atoms with Crippen molar-refractivity contribution in [1.29, 1.82) is 0 Å². The van der Waals surface area contributed by atoms with Crippen molar-refractivity contribution in [3.63, 3.8) is 0 Å². The van der Waals surface area contributed by atoms with Crippen molar-refractivity contribution in [1.82, 2.24) is 0 Å². The van der Waals surface area contributed by atoms with E-state index in [1.165, 1.54) is 11.1 Å². The van der Waals surface area contributed by atoms with Crippen LogP contribution in [0.25, 0.3) is 0 Å². The molecule has 1 N–H and O–H groups in total. The van der Waals surface area contributed by atoms with E-state index in [1.54, 1.807) is 12.5 Å². The maximum atomic E-state index is 10.5. The zero-order valence-electron chi connectivity index (χ0n) is 10.7. The van der Waals surface area contributed by atoms with E-state index >= 15 is 0 Å². The Hall–Kier alpha value is -1.02. The van der Waals surface area contributed by atoms with Crippen molar-refractivity contribution in [3.05, 3.63) is 35.3 Å². The zero-order valence-corrected chi connectivity index (χ0v) is 10.7. The number of furan rings is 1. The molecule has 1 aromatic heterocycles. The highest BCUT2D eigenvalue weighted by Crippen LogP contribution is 2.50. The number of aliphatic hydroxyl groups excluding tert-OH is 1. The Balaban J connectivity index is 2.06. The largest absolute Gasteiger partial charge is 0.472 e. The van der Waals surface area contributed by atoms with E-state index in [4.69, 9.17) is 4.42 Å². The maximum Gasteiger partial charge on any atom is 0.0963 e. The molecule has 2 heteroatoms. The van der Waals surface area contributed by atoms with E-state index in [0.29, 0.717) is 5.92 Å². The summed E-state index contributed by atoms with van der Waals surface area (Å²) in [4.78, 5) is 0. The van der Waals surface area contributed by atoms with Crippen LogP contribution in [0.5, 0.6) is 0 Å². The van der Waals surface area contributed by atoms with Crippen LogP contribution in [0.4, 0.5) is 0 Å². The van der Waals surface area contributed by atoms with E-state index in [9.17, 15) is 5.11 Å². The summed E-state index contributed by atoms with van der Waals surface area (Å²) in [5, 5.41) is 10.5. The van der Waals surface area contributed by atoms with Gasteiger partial charge in [0.05, 0.1) is 18.6 Å². The molecule has 0 aromatic carbocycles. The van der Waals surface area contributed by atoms with Crippen molar-refractivity contribution < 1.29 is 9.52 Å². The van der Waals surface area contributed by atoms with Crippen molar-refractivity contribution >= 4 is 0 Å². The molecule has 0 radical (unpaired) electrons. The van der Waals surface area contributed by atoms with Crippen molar-refractivity contribution in [2.45, 2.75) is 39.7 Å². The Bertz CT molecular complexity index is 467. The van der Waals surface area contributed by atoms with Gasteiger partial charge in [0, 0.05) is 11.5 Å². The smallest absolute Gasteiger partial charge is 0.0963 e. The van der Waals surface area contributed by atoms with Crippen LogP contribution in [0.2, 0.25) is 0 Å². The molecule has 0 fully saturated rings. The topological polar surface area (TPSA) is 33.4 Å². The van der Waals surface area contributed by atoms with Crippen LogP contribution in [-0.4, -0.2) is 5.11 Å². The average Bonchev–Trinajstić information content (AvgIpc) is 2.79. The highest BCUT2D eigenvalue weighted by Gasteiger charge is 2.41. The Labute approximate surface area is 102 Å². The van der Waals surface area contributed by atoms with E-state index < -0.39 is 0 Å². The fourth-order valence-electron chi connectivity index (χ4n) is 3.53. The lowest BCUT2D eigenvalue weighted by atomic mass is 9.85. The first-order chi connectivity index (χ1) is 7.98. The summed E-state index contributed by atoms with van der Waals surface area (Å²) < 4.78 is 5.26. The molecule has 0 saturated heterocycles. The molecule has 0 unspecified atom stereocenters. The molecule has 0 bridgehead atoms. The van der Waals surface area contributed by atoms with Gasteiger partial charge in [-0.15, -0.1) is 0 Å². The molecule has 3 atom stereocenters. The van der Waals surface area contributed by atoms with Crippen LogP contribution in [-0.2, 0) is 6.42 Å². The lowest BCUT2D eigenvalue weighted by molar-refractivity contribution is 0.113. The van der Waals surface area contributed by atoms with Crippen LogP contribution < -0.4 is 0 Å². The standard InChI is InChI=1S/C15H20O2/c1-9-4-10-7-17-8-13(10)14(16)12-6-15(2,3)5-11(9)12/h5,7-9,12,14,16H,4,6H2,1-3H3/t9-,12-,14+/m1/s1. The van der Waals surface area contributed by atoms with Gasteiger partial charge < -0.3 is 9.52 Å². The summed E-state index contributed by atoms with van der Waals surface area (Å²) in [6.45, 7) is 6.77. The minimum Gasteiger partial charge on any atom is -0.472 e. The van der Waals surface area contributed by atoms with Crippen LogP contribution in [0, 0.1) is 17.3 Å². The van der Waals surface area contributed by atoms with E-state index in [2.05, 4.69) is 26.8 Å². The van der Waals surface area contributed by atoms with Gasteiger partial charge in [-0.05, 0) is 29.7 Å². The number of aliphatic hydroxyl groups is 1. The molecular formula is C15H20O2. The van der Waals surface area contributed by atoms with Crippen molar-refractivity contribution in [2.75, 3.05) is 0 Å². The number of rotatable bonds is 0. The van der Waals surface area contributed by atoms with Gasteiger partial charge >= 0.3 is 0 Å². The summed E-state index contributed by atoms with van der Waals surface area (Å²) in [5.74, 6) is 0.786. The first kappa shape index (κ1) is 11.1. The normalized spacial score (nSPS) is 34.8. The van der Waals surface area contributed by atoms with Gasteiger partial charge in [0.2, 0.25) is 0 Å². The molecule has 2 aliphatic carbocycles. The summed E-state index contributed by atoms with van der Waals surface area (Å²) in [6.07, 6.45) is 7.54. The molecular weight excluding hydrogens is 212 g/mol. The van der Waals surface area contributed by atoms with E-state index in [1.807, 2.05) is 0 Å². The number of hydrogen-bond donors (Lipinski definition) is 1. The zero-order chi connectivity index (χ0) is 12.2. The number of hydrogen-bond acceptors (Lipinski definition) is 2. The molecule has 0 amide bonds. The summed E-state index contributed by atoms with van der Waals surface area (Å²) >= 11 is 0.